The van der Waals surface area contributed by atoms with Gasteiger partial charge in [0.15, 0.2) is 0 Å². The minimum Gasteiger partial charge on any atom is -0.493 e. The fraction of sp³-hybridized carbons (Fsp3) is 0.217. The summed E-state index contributed by atoms with van der Waals surface area (Å²) < 4.78 is 83.9. The van der Waals surface area contributed by atoms with Crippen LogP contribution in [0, 0.1) is 5.82 Å². The molecule has 16 heteroatoms. The lowest BCUT2D eigenvalue weighted by Gasteiger charge is -2.23. The van der Waals surface area contributed by atoms with E-state index >= 15 is 0 Å². The van der Waals surface area contributed by atoms with Gasteiger partial charge < -0.3 is 14.9 Å². The van der Waals surface area contributed by atoms with Gasteiger partial charge in [0.05, 0.1) is 23.0 Å². The van der Waals surface area contributed by atoms with Crippen LogP contribution in [-0.4, -0.2) is 56.3 Å². The predicted molar refractivity (Wildman–Crippen MR) is 123 cm³/mol. The third kappa shape index (κ3) is 7.89. The van der Waals surface area contributed by atoms with Crippen molar-refractivity contribution >= 4 is 33.5 Å². The molecule has 0 saturated heterocycles. The van der Waals surface area contributed by atoms with Crippen molar-refractivity contribution in [3.63, 3.8) is 0 Å². The zero-order valence-electron chi connectivity index (χ0n) is 19.2. The van der Waals surface area contributed by atoms with E-state index in [9.17, 15) is 30.7 Å². The van der Waals surface area contributed by atoms with Crippen molar-refractivity contribution in [2.24, 2.45) is 0 Å². The van der Waals surface area contributed by atoms with Gasteiger partial charge in [-0.15, -0.1) is 11.3 Å². The molecule has 3 N–H and O–H groups in total. The molecule has 0 spiro atoms. The second-order valence-corrected chi connectivity index (χ2v) is 8.85. The third-order valence-electron chi connectivity index (χ3n) is 5.00. The number of fused-ring (bicyclic) bond motifs is 2. The number of aromatic nitrogens is 3. The van der Waals surface area contributed by atoms with Crippen LogP contribution in [0.5, 0.6) is 5.75 Å². The summed E-state index contributed by atoms with van der Waals surface area (Å²) in [6, 6.07) is 10.9. The first-order chi connectivity index (χ1) is 18.1. The highest BCUT2D eigenvalue weighted by atomic mass is 32.1. The number of ether oxygens (including phenoxy) is 1. The van der Waals surface area contributed by atoms with Crippen LogP contribution in [0.3, 0.4) is 0 Å². The summed E-state index contributed by atoms with van der Waals surface area (Å²) in [5.41, 5.74) is 4.07. The number of nitrogens with zero attached hydrogens (tertiary/aromatic N) is 2. The van der Waals surface area contributed by atoms with Crippen LogP contribution in [-0.2, 0) is 16.0 Å². The smallest absolute Gasteiger partial charge is 0.490 e. The number of halogens is 7. The van der Waals surface area contributed by atoms with Gasteiger partial charge in [-0.2, -0.15) is 31.4 Å². The van der Waals surface area contributed by atoms with Gasteiger partial charge in [-0.05, 0) is 47.9 Å². The molecule has 3 heterocycles. The maximum atomic E-state index is 13.5. The number of carboxylic acid groups (broad SMARTS) is 2. The number of thiazole rings is 1. The molecular formula is C23H16F7N3O5S. The monoisotopic (exact) mass is 579 g/mol. The normalized spacial score (nSPS) is 14.7. The minimum absolute atomic E-state index is 0.157. The summed E-state index contributed by atoms with van der Waals surface area (Å²) in [6.07, 6.45) is -5.73. The largest absolute Gasteiger partial charge is 0.493 e. The molecule has 2 aromatic carbocycles. The number of hydrogen-bond acceptors (Lipinski definition) is 6. The molecule has 1 atom stereocenters. The first kappa shape index (κ1) is 29.3. The first-order valence-electron chi connectivity index (χ1n) is 10.6. The van der Waals surface area contributed by atoms with Gasteiger partial charge in [0.2, 0.25) is 0 Å². The standard InChI is InChI=1S/C19H14FN3OS.2C2HF3O2/c20-15-2-4-17-12(6-15)5-13(10-24-17)19-23-16-3-1-11(7-18(16)25-19)14-8-21-22-9-14;2*3-2(4,5)1(6)7/h1-4,6-9,13H,5,10H2,(H,21,22);2*(H,6,7). The number of alkyl halides is 6. The molecule has 1 aliphatic heterocycles. The number of benzene rings is 2. The summed E-state index contributed by atoms with van der Waals surface area (Å²) in [6.45, 7) is 0.576. The Morgan fingerprint density at radius 2 is 1.62 bits per heavy atom. The topological polar surface area (TPSA) is 125 Å². The van der Waals surface area contributed by atoms with E-state index in [0.29, 0.717) is 6.61 Å². The number of aromatic amines is 1. The van der Waals surface area contributed by atoms with Crippen LogP contribution < -0.4 is 4.74 Å². The fourth-order valence-electron chi connectivity index (χ4n) is 3.23. The van der Waals surface area contributed by atoms with E-state index in [1.54, 1.807) is 23.5 Å². The van der Waals surface area contributed by atoms with Gasteiger partial charge in [-0.1, -0.05) is 6.07 Å². The lowest BCUT2D eigenvalue weighted by atomic mass is 9.97. The molecule has 1 unspecified atom stereocenters. The Balaban J connectivity index is 0.000000251. The number of rotatable bonds is 2. The van der Waals surface area contributed by atoms with Crippen LogP contribution in [0.4, 0.5) is 30.7 Å². The number of hydrogen-bond donors (Lipinski definition) is 3. The Hall–Kier alpha value is -4.21. The van der Waals surface area contributed by atoms with Crippen molar-refractivity contribution in [2.75, 3.05) is 6.61 Å². The van der Waals surface area contributed by atoms with E-state index in [0.717, 1.165) is 44.1 Å². The van der Waals surface area contributed by atoms with E-state index in [2.05, 4.69) is 22.3 Å². The summed E-state index contributed by atoms with van der Waals surface area (Å²) in [7, 11) is 0. The molecule has 39 heavy (non-hydrogen) atoms. The summed E-state index contributed by atoms with van der Waals surface area (Å²) in [4.78, 5) is 22.6. The van der Waals surface area contributed by atoms with Crippen LogP contribution in [0.15, 0.2) is 48.8 Å². The predicted octanol–water partition coefficient (Wildman–Crippen LogP) is 5.81. The number of H-pyrrole nitrogens is 1. The molecule has 1 aliphatic rings. The number of aliphatic carboxylic acids is 2. The lowest BCUT2D eigenvalue weighted by Crippen LogP contribution is -2.21. The number of nitrogens with one attached hydrogen (secondary N) is 1. The SMILES string of the molecule is Fc1ccc2c(c1)CC(c1nc3ccc(-c4cn[nH]c4)cc3s1)CO2.O=C(O)C(F)(F)F.O=C(O)C(F)(F)F. The number of carbonyl (C=O) groups is 2. The van der Waals surface area contributed by atoms with Crippen molar-refractivity contribution in [1.29, 1.82) is 0 Å². The molecule has 0 fully saturated rings. The van der Waals surface area contributed by atoms with E-state index < -0.39 is 24.3 Å². The molecule has 0 amide bonds. The average molecular weight is 579 g/mol. The molecule has 5 rings (SSSR count). The van der Waals surface area contributed by atoms with Gasteiger partial charge >= 0.3 is 24.3 Å². The average Bonchev–Trinajstić information content (AvgIpc) is 3.53. The molecule has 2 aromatic heterocycles. The summed E-state index contributed by atoms with van der Waals surface area (Å²) in [5.74, 6) is -4.80. The van der Waals surface area contributed by atoms with Crippen LogP contribution >= 0.6 is 11.3 Å². The summed E-state index contributed by atoms with van der Waals surface area (Å²) >= 11 is 1.68. The van der Waals surface area contributed by atoms with Gasteiger partial charge in [-0.25, -0.2) is 19.0 Å². The van der Waals surface area contributed by atoms with Crippen LogP contribution in [0.25, 0.3) is 21.3 Å². The van der Waals surface area contributed by atoms with Crippen molar-refractivity contribution in [2.45, 2.75) is 24.7 Å². The first-order valence-corrected chi connectivity index (χ1v) is 11.4. The fourth-order valence-corrected chi connectivity index (χ4v) is 4.32. The van der Waals surface area contributed by atoms with Crippen molar-refractivity contribution < 1.29 is 55.3 Å². The molecule has 0 saturated carbocycles. The summed E-state index contributed by atoms with van der Waals surface area (Å²) in [5, 5.41) is 22.1. The Morgan fingerprint density at radius 1 is 0.974 bits per heavy atom. The van der Waals surface area contributed by atoms with Crippen LogP contribution in [0.2, 0.25) is 0 Å². The maximum absolute atomic E-state index is 13.5. The van der Waals surface area contributed by atoms with E-state index in [4.69, 9.17) is 29.5 Å². The third-order valence-corrected chi connectivity index (χ3v) is 6.18. The van der Waals surface area contributed by atoms with E-state index in [-0.39, 0.29) is 11.7 Å². The molecule has 0 aliphatic carbocycles. The Labute approximate surface area is 217 Å². The van der Waals surface area contributed by atoms with Gasteiger partial charge in [0.1, 0.15) is 16.6 Å². The number of carboxylic acids is 2. The highest BCUT2D eigenvalue weighted by Crippen LogP contribution is 2.37. The molecule has 4 aromatic rings. The Bertz CT molecular complexity index is 1430. The van der Waals surface area contributed by atoms with Crippen LogP contribution in [0.1, 0.15) is 16.5 Å². The van der Waals surface area contributed by atoms with Crippen molar-refractivity contribution in [3.8, 4) is 16.9 Å². The zero-order valence-corrected chi connectivity index (χ0v) is 20.0. The molecule has 208 valence electrons. The molecular weight excluding hydrogens is 563 g/mol. The Kier molecular flexibility index (Phi) is 8.78. The van der Waals surface area contributed by atoms with Crippen molar-refractivity contribution in [3.05, 3.63) is 65.2 Å². The highest BCUT2D eigenvalue weighted by Gasteiger charge is 2.38. The lowest BCUT2D eigenvalue weighted by molar-refractivity contribution is -0.193. The minimum atomic E-state index is -5.08. The van der Waals surface area contributed by atoms with E-state index in [1.807, 2.05) is 18.5 Å². The highest BCUT2D eigenvalue weighted by molar-refractivity contribution is 7.18. The Morgan fingerprint density at radius 3 is 2.18 bits per heavy atom. The maximum Gasteiger partial charge on any atom is 0.490 e. The molecule has 0 radical (unpaired) electrons. The van der Waals surface area contributed by atoms with Crippen molar-refractivity contribution in [1.82, 2.24) is 15.2 Å². The van der Waals surface area contributed by atoms with Gasteiger partial charge in [-0.3, -0.25) is 5.10 Å². The quantitative estimate of drug-likeness (QED) is 0.256. The molecule has 8 nitrogen and oxygen atoms in total. The zero-order chi connectivity index (χ0) is 29.0. The molecule has 0 bridgehead atoms. The second kappa shape index (κ2) is 11.7. The van der Waals surface area contributed by atoms with E-state index in [1.165, 1.54) is 6.07 Å². The van der Waals surface area contributed by atoms with Gasteiger partial charge in [0.25, 0.3) is 0 Å². The van der Waals surface area contributed by atoms with Gasteiger partial charge in [0, 0.05) is 17.7 Å². The second-order valence-electron chi connectivity index (χ2n) is 7.79.